The number of rotatable bonds is 8. The summed E-state index contributed by atoms with van der Waals surface area (Å²) in [4.78, 5) is 16.0. The average Bonchev–Trinajstić information content (AvgIpc) is 2.77. The van der Waals surface area contributed by atoms with E-state index in [9.17, 15) is 30.8 Å². The zero-order chi connectivity index (χ0) is 24.1. The van der Waals surface area contributed by atoms with Crippen LogP contribution in [0.25, 0.3) is 0 Å². The second-order valence-electron chi connectivity index (χ2n) is 6.67. The van der Waals surface area contributed by atoms with Crippen molar-refractivity contribution in [1.82, 2.24) is 10.3 Å². The molecule has 0 radical (unpaired) electrons. The fourth-order valence-electron chi connectivity index (χ4n) is 2.67. The van der Waals surface area contributed by atoms with Gasteiger partial charge in [-0.25, -0.2) is 17.8 Å². The number of aromatic nitrogens is 1. The van der Waals surface area contributed by atoms with Crippen molar-refractivity contribution in [2.45, 2.75) is 17.6 Å². The predicted molar refractivity (Wildman–Crippen MR) is 111 cm³/mol. The summed E-state index contributed by atoms with van der Waals surface area (Å²) in [6, 6.07) is 13.1. The second kappa shape index (κ2) is 9.86. The third-order valence-corrected chi connectivity index (χ3v) is 5.55. The van der Waals surface area contributed by atoms with Crippen LogP contribution in [0.3, 0.4) is 0 Å². The average molecular weight is 483 g/mol. The van der Waals surface area contributed by atoms with Crippen molar-refractivity contribution in [3.8, 4) is 5.88 Å². The summed E-state index contributed by atoms with van der Waals surface area (Å²) in [5, 5.41) is 2.47. The molecule has 0 aliphatic heterocycles. The molecule has 0 unspecified atom stereocenters. The Morgan fingerprint density at radius 2 is 1.79 bits per heavy atom. The number of carbonyl (C=O) groups is 1. The summed E-state index contributed by atoms with van der Waals surface area (Å²) in [7, 11) is -4.19. The molecule has 1 heterocycles. The number of hydrogen-bond acceptors (Lipinski definition) is 5. The number of nitrogens with one attached hydrogen (secondary N) is 2. The molecule has 0 saturated heterocycles. The van der Waals surface area contributed by atoms with Gasteiger partial charge < -0.3 is 10.1 Å². The van der Waals surface area contributed by atoms with Crippen LogP contribution in [0.4, 0.5) is 23.2 Å². The Morgan fingerprint density at radius 3 is 2.52 bits per heavy atom. The van der Waals surface area contributed by atoms with Gasteiger partial charge >= 0.3 is 6.18 Å². The zero-order valence-electron chi connectivity index (χ0n) is 16.8. The molecule has 0 aliphatic rings. The van der Waals surface area contributed by atoms with Gasteiger partial charge in [0.15, 0.2) is 6.61 Å². The maximum atomic E-state index is 13.8. The lowest BCUT2D eigenvalue weighted by molar-refractivity contribution is -0.154. The van der Waals surface area contributed by atoms with Gasteiger partial charge in [0.2, 0.25) is 5.88 Å². The molecule has 174 valence electrons. The summed E-state index contributed by atoms with van der Waals surface area (Å²) in [6.45, 7) is -1.76. The summed E-state index contributed by atoms with van der Waals surface area (Å²) < 4.78 is 82.9. The van der Waals surface area contributed by atoms with Crippen LogP contribution in [0.5, 0.6) is 5.88 Å². The van der Waals surface area contributed by atoms with Crippen LogP contribution in [-0.2, 0) is 16.6 Å². The number of halogens is 4. The SMILES string of the molecule is O=C(NCc1cccnc1OCC(F)(F)F)c1cccc(S(=O)(=O)Nc2ccccc2F)c1. The van der Waals surface area contributed by atoms with Gasteiger partial charge in [0.05, 0.1) is 10.6 Å². The highest BCUT2D eigenvalue weighted by molar-refractivity contribution is 7.92. The fraction of sp³-hybridized carbons (Fsp3) is 0.143. The molecule has 3 aromatic rings. The van der Waals surface area contributed by atoms with E-state index in [1.54, 1.807) is 0 Å². The number of hydrogen-bond donors (Lipinski definition) is 2. The largest absolute Gasteiger partial charge is 0.468 e. The van der Waals surface area contributed by atoms with E-state index in [4.69, 9.17) is 0 Å². The molecule has 33 heavy (non-hydrogen) atoms. The van der Waals surface area contributed by atoms with Crippen molar-refractivity contribution >= 4 is 21.6 Å². The van der Waals surface area contributed by atoms with Gasteiger partial charge in [-0.1, -0.05) is 24.3 Å². The van der Waals surface area contributed by atoms with Crippen LogP contribution in [0.2, 0.25) is 0 Å². The van der Waals surface area contributed by atoms with E-state index in [1.807, 2.05) is 0 Å². The minimum Gasteiger partial charge on any atom is -0.468 e. The first-order valence-corrected chi connectivity index (χ1v) is 10.8. The maximum Gasteiger partial charge on any atom is 0.422 e. The van der Waals surface area contributed by atoms with E-state index < -0.39 is 34.5 Å². The van der Waals surface area contributed by atoms with Crippen LogP contribution >= 0.6 is 0 Å². The van der Waals surface area contributed by atoms with E-state index in [1.165, 1.54) is 54.7 Å². The summed E-state index contributed by atoms with van der Waals surface area (Å²) in [5.41, 5.74) is -0.0940. The standard InChI is InChI=1S/C21H17F4N3O4S/c22-17-8-1-2-9-18(17)28-33(30,31)16-7-3-5-14(11-16)19(29)27-12-15-6-4-10-26-20(15)32-13-21(23,24)25/h1-11,28H,12-13H2,(H,27,29). The molecular formula is C21H17F4N3O4S. The van der Waals surface area contributed by atoms with Gasteiger partial charge in [-0.3, -0.25) is 9.52 Å². The Hall–Kier alpha value is -3.67. The third-order valence-electron chi connectivity index (χ3n) is 4.19. The lowest BCUT2D eigenvalue weighted by Crippen LogP contribution is -2.25. The van der Waals surface area contributed by atoms with Crippen LogP contribution < -0.4 is 14.8 Å². The first kappa shape index (κ1) is 24.0. The van der Waals surface area contributed by atoms with Crippen LogP contribution in [-0.4, -0.2) is 32.1 Å². The number of para-hydroxylation sites is 1. The summed E-state index contributed by atoms with van der Waals surface area (Å²) in [5.74, 6) is -1.75. The summed E-state index contributed by atoms with van der Waals surface area (Å²) in [6.07, 6.45) is -3.31. The van der Waals surface area contributed by atoms with Crippen molar-refractivity contribution < 1.29 is 35.5 Å². The number of carbonyl (C=O) groups excluding carboxylic acids is 1. The lowest BCUT2D eigenvalue weighted by atomic mass is 10.2. The molecule has 0 atom stereocenters. The number of pyridine rings is 1. The number of benzene rings is 2. The van der Waals surface area contributed by atoms with Gasteiger partial charge in [0.1, 0.15) is 5.82 Å². The van der Waals surface area contributed by atoms with Crippen LogP contribution in [0.1, 0.15) is 15.9 Å². The molecule has 1 aromatic heterocycles. The first-order valence-electron chi connectivity index (χ1n) is 9.34. The molecule has 0 saturated carbocycles. The van der Waals surface area contributed by atoms with Crippen molar-refractivity contribution in [2.75, 3.05) is 11.3 Å². The molecular weight excluding hydrogens is 466 g/mol. The molecule has 2 aromatic carbocycles. The van der Waals surface area contributed by atoms with E-state index >= 15 is 0 Å². The fourth-order valence-corrected chi connectivity index (χ4v) is 3.78. The van der Waals surface area contributed by atoms with Gasteiger partial charge in [-0.15, -0.1) is 0 Å². The number of sulfonamides is 1. The Kier molecular flexibility index (Phi) is 7.16. The number of anilines is 1. The van der Waals surface area contributed by atoms with Crippen LogP contribution in [0.15, 0.2) is 71.8 Å². The van der Waals surface area contributed by atoms with E-state index in [0.717, 1.165) is 12.1 Å². The monoisotopic (exact) mass is 483 g/mol. The van der Waals surface area contributed by atoms with E-state index in [2.05, 4.69) is 19.8 Å². The maximum absolute atomic E-state index is 13.8. The Bertz CT molecular complexity index is 1250. The van der Waals surface area contributed by atoms with Crippen LogP contribution in [0, 0.1) is 5.82 Å². The van der Waals surface area contributed by atoms with Gasteiger partial charge in [0.25, 0.3) is 15.9 Å². The molecule has 7 nitrogen and oxygen atoms in total. The highest BCUT2D eigenvalue weighted by Crippen LogP contribution is 2.21. The van der Waals surface area contributed by atoms with Gasteiger partial charge in [-0.2, -0.15) is 13.2 Å². The van der Waals surface area contributed by atoms with Crippen molar-refractivity contribution in [3.05, 3.63) is 83.8 Å². The normalized spacial score (nSPS) is 11.6. The lowest BCUT2D eigenvalue weighted by Gasteiger charge is -2.13. The molecule has 0 fully saturated rings. The summed E-state index contributed by atoms with van der Waals surface area (Å²) >= 11 is 0. The molecule has 1 amide bonds. The minimum absolute atomic E-state index is 0.0342. The number of amides is 1. The molecule has 3 rings (SSSR count). The number of nitrogens with zero attached hydrogens (tertiary/aromatic N) is 1. The molecule has 0 bridgehead atoms. The van der Waals surface area contributed by atoms with Crippen molar-refractivity contribution in [2.24, 2.45) is 0 Å². The predicted octanol–water partition coefficient (Wildman–Crippen LogP) is 3.89. The minimum atomic E-state index is -4.55. The first-order chi connectivity index (χ1) is 15.5. The topological polar surface area (TPSA) is 97.4 Å². The Balaban J connectivity index is 1.71. The van der Waals surface area contributed by atoms with Crippen molar-refractivity contribution in [1.29, 1.82) is 0 Å². The molecule has 0 aliphatic carbocycles. The quantitative estimate of drug-likeness (QED) is 0.474. The third kappa shape index (κ3) is 6.65. The second-order valence-corrected chi connectivity index (χ2v) is 8.35. The molecule has 0 spiro atoms. The van der Waals surface area contributed by atoms with Gasteiger partial charge in [-0.05, 0) is 36.4 Å². The Labute approximate surface area is 186 Å². The highest BCUT2D eigenvalue weighted by Gasteiger charge is 2.29. The smallest absolute Gasteiger partial charge is 0.422 e. The van der Waals surface area contributed by atoms with Gasteiger partial charge in [0, 0.05) is 23.9 Å². The molecule has 12 heteroatoms. The van der Waals surface area contributed by atoms with E-state index in [-0.39, 0.29) is 34.1 Å². The molecule has 2 N–H and O–H groups in total. The highest BCUT2D eigenvalue weighted by atomic mass is 32.2. The number of alkyl halides is 3. The number of ether oxygens (including phenoxy) is 1. The Morgan fingerprint density at radius 1 is 1.03 bits per heavy atom. The van der Waals surface area contributed by atoms with E-state index in [0.29, 0.717) is 0 Å². The zero-order valence-corrected chi connectivity index (χ0v) is 17.6. The van der Waals surface area contributed by atoms with Crippen molar-refractivity contribution in [3.63, 3.8) is 0 Å².